The zero-order valence-corrected chi connectivity index (χ0v) is 28.6. The fraction of sp³-hybridized carbons (Fsp3) is 0.677. The van der Waals surface area contributed by atoms with Crippen LogP contribution in [0, 0.1) is 5.41 Å². The van der Waals surface area contributed by atoms with E-state index in [2.05, 4.69) is 20.3 Å². The number of carbonyl (C=O) groups is 3. The van der Waals surface area contributed by atoms with Crippen LogP contribution in [0.25, 0.3) is 0 Å². The Hall–Kier alpha value is -3.47. The van der Waals surface area contributed by atoms with Gasteiger partial charge in [0.1, 0.15) is 29.8 Å². The fourth-order valence-electron chi connectivity index (χ4n) is 5.21. The molecule has 2 saturated heterocycles. The van der Waals surface area contributed by atoms with Crippen molar-refractivity contribution in [3.05, 3.63) is 29.8 Å². The Morgan fingerprint density at radius 3 is 2.47 bits per heavy atom. The number of rotatable bonds is 17. The molecule has 15 nitrogen and oxygen atoms in total. The summed E-state index contributed by atoms with van der Waals surface area (Å²) in [6.45, 7) is 11.6. The molecule has 3 atom stereocenters. The molecule has 0 radical (unpaired) electrons. The lowest BCUT2D eigenvalue weighted by Crippen LogP contribution is -2.50. The van der Waals surface area contributed by atoms with Crippen molar-refractivity contribution in [3.63, 3.8) is 0 Å². The van der Waals surface area contributed by atoms with E-state index in [0.29, 0.717) is 37.0 Å². The van der Waals surface area contributed by atoms with Crippen LogP contribution in [0.1, 0.15) is 58.9 Å². The first kappa shape index (κ1) is 38.0. The van der Waals surface area contributed by atoms with Gasteiger partial charge in [-0.2, -0.15) is 0 Å². The van der Waals surface area contributed by atoms with Crippen LogP contribution in [0.2, 0.25) is 0 Å². The minimum atomic E-state index is -3.72. The third kappa shape index (κ3) is 13.3. The van der Waals surface area contributed by atoms with Gasteiger partial charge in [-0.15, -0.1) is 0 Å². The monoisotopic (exact) mass is 682 g/mol. The number of hydrogen-bond acceptors (Lipinski definition) is 11. The quantitative estimate of drug-likeness (QED) is 0.119. The van der Waals surface area contributed by atoms with Gasteiger partial charge in [0.15, 0.2) is 6.10 Å². The summed E-state index contributed by atoms with van der Waals surface area (Å²) in [6, 6.07) is 4.53. The molecule has 2 aliphatic rings. The Morgan fingerprint density at radius 1 is 1.17 bits per heavy atom. The molecular weight excluding hydrogens is 632 g/mol. The third-order valence-corrected chi connectivity index (χ3v) is 9.06. The molecule has 3 rings (SSSR count). The van der Waals surface area contributed by atoms with Crippen LogP contribution >= 0.6 is 0 Å². The van der Waals surface area contributed by atoms with Crippen molar-refractivity contribution in [1.29, 1.82) is 5.41 Å². The molecule has 5 N–H and O–H groups in total. The second-order valence-electron chi connectivity index (χ2n) is 12.8. The Morgan fingerprint density at radius 2 is 1.85 bits per heavy atom. The number of cyclic esters (lactones) is 1. The molecule has 47 heavy (non-hydrogen) atoms. The summed E-state index contributed by atoms with van der Waals surface area (Å²) < 4.78 is 43.4. The molecule has 2 fully saturated rings. The summed E-state index contributed by atoms with van der Waals surface area (Å²) in [4.78, 5) is 40.9. The third-order valence-electron chi connectivity index (χ3n) is 7.59. The van der Waals surface area contributed by atoms with E-state index in [-0.39, 0.29) is 31.2 Å². The van der Waals surface area contributed by atoms with Crippen LogP contribution in [-0.2, 0) is 30.7 Å². The number of amidine groups is 1. The van der Waals surface area contributed by atoms with Crippen molar-refractivity contribution in [2.45, 2.75) is 83.6 Å². The van der Waals surface area contributed by atoms with Crippen molar-refractivity contribution in [2.75, 3.05) is 51.6 Å². The topological polar surface area (TPSA) is 200 Å². The number of carbonyl (C=O) groups excluding carboxylic acids is 2. The molecule has 0 spiro atoms. The van der Waals surface area contributed by atoms with Crippen molar-refractivity contribution < 1.29 is 42.1 Å². The molecule has 2 amide bonds. The summed E-state index contributed by atoms with van der Waals surface area (Å²) in [5, 5.41) is 24.0. The molecule has 2 aliphatic heterocycles. The largest absolute Gasteiger partial charge is 0.490 e. The molecule has 16 heteroatoms. The van der Waals surface area contributed by atoms with Crippen LogP contribution in [0.5, 0.6) is 5.75 Å². The highest BCUT2D eigenvalue weighted by molar-refractivity contribution is 7.89. The van der Waals surface area contributed by atoms with Gasteiger partial charge in [-0.1, -0.05) is 25.5 Å². The highest BCUT2D eigenvalue weighted by Crippen LogP contribution is 2.21. The van der Waals surface area contributed by atoms with Crippen LogP contribution in [0.3, 0.4) is 0 Å². The molecule has 0 aliphatic carbocycles. The Bertz CT molecular complexity index is 1310. The molecule has 264 valence electrons. The zero-order valence-electron chi connectivity index (χ0n) is 27.7. The summed E-state index contributed by atoms with van der Waals surface area (Å²) in [7, 11) is -3.72. The number of carboxylic acids is 1. The second-order valence-corrected chi connectivity index (χ2v) is 14.7. The number of nitrogens with zero attached hydrogens (tertiary/aromatic N) is 2. The number of benzene rings is 1. The SMILES string of the molecule is CCCCS(=O)(=O)NC(Cc1ccc(OCC2CN(C(CCCN3CCNCC3)C(=N)NC(=O)OC(C)(C)C)C(=O)O2)cc1)C(=O)O. The summed E-state index contributed by atoms with van der Waals surface area (Å²) in [5.41, 5.74) is -0.153. The molecule has 1 aromatic carbocycles. The van der Waals surface area contributed by atoms with Crippen LogP contribution in [-0.4, -0.2) is 123 Å². The lowest BCUT2D eigenvalue weighted by molar-refractivity contribution is -0.138. The number of ether oxygens (including phenoxy) is 3. The first-order valence-electron chi connectivity index (χ1n) is 16.1. The number of piperazine rings is 1. The first-order valence-corrected chi connectivity index (χ1v) is 17.7. The van der Waals surface area contributed by atoms with Gasteiger partial charge in [0.05, 0.1) is 18.3 Å². The van der Waals surface area contributed by atoms with E-state index in [9.17, 15) is 27.9 Å². The minimum absolute atomic E-state index is 0.0247. The number of nitrogens with one attached hydrogen (secondary N) is 4. The molecule has 2 heterocycles. The number of alkyl carbamates (subject to hydrolysis) is 1. The highest BCUT2D eigenvalue weighted by atomic mass is 32.2. The smallest absolute Gasteiger partial charge is 0.413 e. The molecular formula is C31H50N6O9S. The van der Waals surface area contributed by atoms with Crippen molar-refractivity contribution in [2.24, 2.45) is 0 Å². The number of aliphatic carboxylic acids is 1. The number of hydrogen-bond donors (Lipinski definition) is 5. The maximum absolute atomic E-state index is 13.0. The number of amides is 2. The number of sulfonamides is 1. The maximum atomic E-state index is 13.0. The molecule has 1 aromatic rings. The number of carboxylic acid groups (broad SMARTS) is 1. The van der Waals surface area contributed by atoms with E-state index in [4.69, 9.17) is 19.6 Å². The van der Waals surface area contributed by atoms with Gasteiger partial charge in [-0.05, 0) is 70.7 Å². The van der Waals surface area contributed by atoms with Crippen LogP contribution in [0.15, 0.2) is 24.3 Å². The van der Waals surface area contributed by atoms with Gasteiger partial charge in [-0.3, -0.25) is 20.4 Å². The maximum Gasteiger partial charge on any atom is 0.413 e. The highest BCUT2D eigenvalue weighted by Gasteiger charge is 2.39. The first-order chi connectivity index (χ1) is 22.2. The van der Waals surface area contributed by atoms with E-state index in [1.165, 1.54) is 4.90 Å². The van der Waals surface area contributed by atoms with Gasteiger partial charge in [-0.25, -0.2) is 22.7 Å². The lowest BCUT2D eigenvalue weighted by Gasteiger charge is -2.30. The van der Waals surface area contributed by atoms with Gasteiger partial charge in [0, 0.05) is 26.2 Å². The van der Waals surface area contributed by atoms with Gasteiger partial charge in [0.25, 0.3) is 0 Å². The summed E-state index contributed by atoms with van der Waals surface area (Å²) in [6.07, 6.45) is 0.177. The Kier molecular flexibility index (Phi) is 14.2. The fourth-order valence-corrected chi connectivity index (χ4v) is 6.62. The molecule has 0 aromatic heterocycles. The van der Waals surface area contributed by atoms with Crippen LogP contribution in [0.4, 0.5) is 9.59 Å². The number of unbranched alkanes of at least 4 members (excludes halogenated alkanes) is 1. The van der Waals surface area contributed by atoms with E-state index in [1.54, 1.807) is 45.0 Å². The van der Waals surface area contributed by atoms with Crippen molar-refractivity contribution in [1.82, 2.24) is 25.2 Å². The molecule has 0 saturated carbocycles. The Labute approximate surface area is 277 Å². The zero-order chi connectivity index (χ0) is 34.6. The van der Waals surface area contributed by atoms with Gasteiger partial charge >= 0.3 is 18.2 Å². The second kappa shape index (κ2) is 17.6. The van der Waals surface area contributed by atoms with Crippen molar-refractivity contribution in [3.8, 4) is 5.75 Å². The minimum Gasteiger partial charge on any atom is -0.490 e. The van der Waals surface area contributed by atoms with Crippen LogP contribution < -0.4 is 20.1 Å². The summed E-state index contributed by atoms with van der Waals surface area (Å²) >= 11 is 0. The molecule has 3 unspecified atom stereocenters. The summed E-state index contributed by atoms with van der Waals surface area (Å²) in [5.74, 6) is -1.11. The van der Waals surface area contributed by atoms with E-state index in [0.717, 1.165) is 32.7 Å². The Balaban J connectivity index is 1.58. The predicted octanol–water partition coefficient (Wildman–Crippen LogP) is 2.16. The normalized spacial score (nSPS) is 18.7. The van der Waals surface area contributed by atoms with E-state index in [1.807, 2.05) is 6.92 Å². The standard InChI is InChI=1S/C31H50N6O9S/c1-5-6-18-47(42,43)35-25(28(38)39)19-22-9-11-23(12-10-22)44-21-24-20-37(30(41)45-24)26(8-7-15-36-16-13-33-14-17-36)27(32)34-29(40)46-31(2,3)4/h9-12,24-26,33,35H,5-8,13-21H2,1-4H3,(H,38,39)(H2,32,34,40). The predicted molar refractivity (Wildman–Crippen MR) is 175 cm³/mol. The lowest BCUT2D eigenvalue weighted by atomic mass is 10.1. The van der Waals surface area contributed by atoms with E-state index >= 15 is 0 Å². The molecule has 0 bridgehead atoms. The average molecular weight is 683 g/mol. The van der Waals surface area contributed by atoms with E-state index < -0.39 is 52.0 Å². The average Bonchev–Trinajstić information content (AvgIpc) is 3.36. The van der Waals surface area contributed by atoms with Gasteiger partial charge < -0.3 is 29.5 Å². The van der Waals surface area contributed by atoms with Gasteiger partial charge in [0.2, 0.25) is 10.0 Å². The van der Waals surface area contributed by atoms with Crippen molar-refractivity contribution >= 4 is 34.0 Å².